The fourth-order valence-corrected chi connectivity index (χ4v) is 5.05. The SMILES string of the molecule is Cc1nccc(N2CCCC3(CCN(C(=O)C(C)C)CC3)COc3ccccc3C(=O)NCC2)n1. The third kappa shape index (κ3) is 6.10. The molecule has 4 rings (SSSR count). The summed E-state index contributed by atoms with van der Waals surface area (Å²) in [5.41, 5.74) is 0.511. The lowest BCUT2D eigenvalue weighted by molar-refractivity contribution is -0.137. The molecule has 188 valence electrons. The first-order valence-corrected chi connectivity index (χ1v) is 12.7. The van der Waals surface area contributed by atoms with Crippen LogP contribution in [0.5, 0.6) is 5.75 Å². The summed E-state index contributed by atoms with van der Waals surface area (Å²) in [6, 6.07) is 9.38. The summed E-state index contributed by atoms with van der Waals surface area (Å²) in [6.07, 6.45) is 5.53. The molecule has 2 aliphatic rings. The number of hydrogen-bond donors (Lipinski definition) is 1. The number of fused-ring (bicyclic) bond motifs is 1. The molecule has 3 heterocycles. The van der Waals surface area contributed by atoms with Crippen LogP contribution in [0, 0.1) is 18.3 Å². The Balaban J connectivity index is 1.57. The van der Waals surface area contributed by atoms with Crippen molar-refractivity contribution in [2.24, 2.45) is 11.3 Å². The van der Waals surface area contributed by atoms with Gasteiger partial charge in [0, 0.05) is 50.3 Å². The second-order valence-corrected chi connectivity index (χ2v) is 10.1. The molecule has 1 saturated heterocycles. The molecule has 2 aliphatic heterocycles. The molecular weight excluding hydrogens is 442 g/mol. The highest BCUT2D eigenvalue weighted by Crippen LogP contribution is 2.38. The fourth-order valence-electron chi connectivity index (χ4n) is 5.05. The fraction of sp³-hybridized carbons (Fsp3) is 0.556. The van der Waals surface area contributed by atoms with Crippen LogP contribution in [-0.2, 0) is 4.79 Å². The van der Waals surface area contributed by atoms with E-state index in [1.165, 1.54) is 0 Å². The maximum atomic E-state index is 13.0. The van der Waals surface area contributed by atoms with Gasteiger partial charge in [-0.05, 0) is 50.8 Å². The average molecular weight is 480 g/mol. The van der Waals surface area contributed by atoms with Crippen LogP contribution in [0.3, 0.4) is 0 Å². The zero-order chi connectivity index (χ0) is 24.8. The van der Waals surface area contributed by atoms with E-state index in [0.29, 0.717) is 31.0 Å². The number of rotatable bonds is 2. The van der Waals surface area contributed by atoms with Crippen LogP contribution in [-0.4, -0.2) is 66.0 Å². The molecule has 0 bridgehead atoms. The number of para-hydroxylation sites is 1. The number of ether oxygens (including phenoxy) is 1. The second-order valence-electron chi connectivity index (χ2n) is 10.1. The largest absolute Gasteiger partial charge is 0.492 e. The van der Waals surface area contributed by atoms with E-state index in [4.69, 9.17) is 4.74 Å². The molecule has 2 aromatic rings. The zero-order valence-corrected chi connectivity index (χ0v) is 21.1. The van der Waals surface area contributed by atoms with Crippen molar-refractivity contribution in [2.75, 3.05) is 44.2 Å². The second kappa shape index (κ2) is 11.1. The first kappa shape index (κ1) is 24.9. The van der Waals surface area contributed by atoms with Crippen molar-refractivity contribution in [1.29, 1.82) is 0 Å². The molecule has 8 nitrogen and oxygen atoms in total. The molecule has 1 N–H and O–H groups in total. The Bertz CT molecular complexity index is 1030. The minimum Gasteiger partial charge on any atom is -0.492 e. The van der Waals surface area contributed by atoms with E-state index < -0.39 is 0 Å². The summed E-state index contributed by atoms with van der Waals surface area (Å²) in [5.74, 6) is 2.33. The Morgan fingerprint density at radius 2 is 1.86 bits per heavy atom. The average Bonchev–Trinajstić information content (AvgIpc) is 2.87. The van der Waals surface area contributed by atoms with E-state index >= 15 is 0 Å². The van der Waals surface area contributed by atoms with Gasteiger partial charge < -0.3 is 19.9 Å². The molecule has 8 heteroatoms. The standard InChI is InChI=1S/C27H37N5O3/c1-20(2)26(34)32-16-11-27(12-17-32)10-6-15-31(24-9-13-28-21(3)30-24)18-14-29-25(33)22-7-4-5-8-23(22)35-19-27/h4-5,7-9,13,20H,6,10-12,14-19H2,1-3H3,(H,29,33). The highest BCUT2D eigenvalue weighted by atomic mass is 16.5. The molecule has 0 aliphatic carbocycles. The van der Waals surface area contributed by atoms with E-state index in [9.17, 15) is 9.59 Å². The highest BCUT2D eigenvalue weighted by molar-refractivity contribution is 5.96. The van der Waals surface area contributed by atoms with Gasteiger partial charge in [-0.1, -0.05) is 26.0 Å². The van der Waals surface area contributed by atoms with Crippen LogP contribution < -0.4 is 15.0 Å². The Hall–Kier alpha value is -3.16. The van der Waals surface area contributed by atoms with Crippen LogP contribution in [0.25, 0.3) is 0 Å². The van der Waals surface area contributed by atoms with Gasteiger partial charge in [0.15, 0.2) is 0 Å². The van der Waals surface area contributed by atoms with Crippen molar-refractivity contribution in [1.82, 2.24) is 20.2 Å². The van der Waals surface area contributed by atoms with Crippen molar-refractivity contribution in [3.05, 3.63) is 47.9 Å². The predicted octanol–water partition coefficient (Wildman–Crippen LogP) is 3.46. The number of piperidine rings is 1. The van der Waals surface area contributed by atoms with Crippen molar-refractivity contribution >= 4 is 17.6 Å². The maximum Gasteiger partial charge on any atom is 0.255 e. The molecule has 1 spiro atoms. The van der Waals surface area contributed by atoms with Crippen LogP contribution in [0.15, 0.2) is 36.5 Å². The predicted molar refractivity (Wildman–Crippen MR) is 136 cm³/mol. The van der Waals surface area contributed by atoms with Crippen LogP contribution in [0.4, 0.5) is 5.82 Å². The number of anilines is 1. The van der Waals surface area contributed by atoms with Gasteiger partial charge in [-0.25, -0.2) is 9.97 Å². The van der Waals surface area contributed by atoms with Gasteiger partial charge >= 0.3 is 0 Å². The first-order valence-electron chi connectivity index (χ1n) is 12.7. The minimum absolute atomic E-state index is 0.00984. The van der Waals surface area contributed by atoms with Gasteiger partial charge in [0.05, 0.1) is 12.2 Å². The van der Waals surface area contributed by atoms with Crippen molar-refractivity contribution in [2.45, 2.75) is 46.5 Å². The van der Waals surface area contributed by atoms with Crippen LogP contribution in [0.2, 0.25) is 0 Å². The minimum atomic E-state index is -0.134. The summed E-state index contributed by atoms with van der Waals surface area (Å²) >= 11 is 0. The smallest absolute Gasteiger partial charge is 0.255 e. The summed E-state index contributed by atoms with van der Waals surface area (Å²) < 4.78 is 6.34. The lowest BCUT2D eigenvalue weighted by atomic mass is 9.75. The zero-order valence-electron chi connectivity index (χ0n) is 21.1. The van der Waals surface area contributed by atoms with Crippen LogP contribution >= 0.6 is 0 Å². The third-order valence-electron chi connectivity index (χ3n) is 7.18. The summed E-state index contributed by atoms with van der Waals surface area (Å²) in [5, 5.41) is 3.04. The number of aromatic nitrogens is 2. The molecule has 0 saturated carbocycles. The summed E-state index contributed by atoms with van der Waals surface area (Å²) in [6.45, 7) is 9.84. The van der Waals surface area contributed by atoms with Gasteiger partial charge in [-0.15, -0.1) is 0 Å². The molecule has 0 radical (unpaired) electrons. The van der Waals surface area contributed by atoms with Gasteiger partial charge in [0.2, 0.25) is 5.91 Å². The normalized spacial score (nSPS) is 19.1. The molecule has 2 amide bonds. The summed E-state index contributed by atoms with van der Waals surface area (Å²) in [4.78, 5) is 38.6. The first-order chi connectivity index (χ1) is 16.9. The van der Waals surface area contributed by atoms with Gasteiger partial charge in [0.25, 0.3) is 5.91 Å². The number of carbonyl (C=O) groups excluding carboxylic acids is 2. The molecule has 0 atom stereocenters. The highest BCUT2D eigenvalue weighted by Gasteiger charge is 2.37. The van der Waals surface area contributed by atoms with Gasteiger partial charge in [-0.2, -0.15) is 0 Å². The van der Waals surface area contributed by atoms with Crippen LogP contribution in [0.1, 0.15) is 55.7 Å². The topological polar surface area (TPSA) is 87.7 Å². The number of nitrogens with one attached hydrogen (secondary N) is 1. The number of likely N-dealkylation sites (tertiary alicyclic amines) is 1. The van der Waals surface area contributed by atoms with Crippen molar-refractivity contribution in [3.63, 3.8) is 0 Å². The molecular formula is C27H37N5O3. The lowest BCUT2D eigenvalue weighted by Crippen LogP contribution is -2.47. The van der Waals surface area contributed by atoms with E-state index in [1.807, 2.05) is 56.0 Å². The Kier molecular flexibility index (Phi) is 7.88. The quantitative estimate of drug-likeness (QED) is 0.710. The monoisotopic (exact) mass is 479 g/mol. The van der Waals surface area contributed by atoms with E-state index in [0.717, 1.165) is 57.0 Å². The maximum absolute atomic E-state index is 13.0. The Labute approximate surface area is 208 Å². The van der Waals surface area contributed by atoms with E-state index in [1.54, 1.807) is 6.20 Å². The molecule has 1 aromatic carbocycles. The number of benzene rings is 1. The molecule has 1 aromatic heterocycles. The lowest BCUT2D eigenvalue weighted by Gasteiger charge is -2.42. The van der Waals surface area contributed by atoms with Gasteiger partial charge in [-0.3, -0.25) is 9.59 Å². The molecule has 35 heavy (non-hydrogen) atoms. The van der Waals surface area contributed by atoms with E-state index in [2.05, 4.69) is 20.2 Å². The molecule has 0 unspecified atom stereocenters. The number of nitrogens with zero attached hydrogens (tertiary/aromatic N) is 4. The third-order valence-corrected chi connectivity index (χ3v) is 7.18. The van der Waals surface area contributed by atoms with Crippen molar-refractivity contribution in [3.8, 4) is 5.75 Å². The Morgan fingerprint density at radius 1 is 1.09 bits per heavy atom. The summed E-state index contributed by atoms with van der Waals surface area (Å²) in [7, 11) is 0. The van der Waals surface area contributed by atoms with E-state index in [-0.39, 0.29) is 23.1 Å². The Morgan fingerprint density at radius 3 is 2.60 bits per heavy atom. The van der Waals surface area contributed by atoms with Crippen molar-refractivity contribution < 1.29 is 14.3 Å². The number of hydrogen-bond acceptors (Lipinski definition) is 6. The van der Waals surface area contributed by atoms with Gasteiger partial charge in [0.1, 0.15) is 17.4 Å². The number of carbonyl (C=O) groups is 2. The number of aryl methyl sites for hydroxylation is 1. The molecule has 1 fully saturated rings. The number of amides is 2.